The number of benzene rings is 2. The maximum atomic E-state index is 8.76. The van der Waals surface area contributed by atoms with Gasteiger partial charge in [-0.15, -0.1) is 11.8 Å². The van der Waals surface area contributed by atoms with Crippen LogP contribution in [-0.4, -0.2) is 0 Å². The quantitative estimate of drug-likeness (QED) is 0.730. The third-order valence-corrected chi connectivity index (χ3v) is 4.00. The van der Waals surface area contributed by atoms with Gasteiger partial charge in [-0.3, -0.25) is 0 Å². The highest BCUT2D eigenvalue weighted by atomic mass is 35.5. The topological polar surface area (TPSA) is 23.8 Å². The smallest absolute Gasteiger partial charge is 0.0992 e. The first-order chi connectivity index (χ1) is 8.69. The van der Waals surface area contributed by atoms with Crippen LogP contribution < -0.4 is 0 Å². The van der Waals surface area contributed by atoms with Gasteiger partial charge < -0.3 is 0 Å². The van der Waals surface area contributed by atoms with E-state index in [1.165, 1.54) is 0 Å². The number of thioether (sulfide) groups is 1. The summed E-state index contributed by atoms with van der Waals surface area (Å²) in [5.41, 5.74) is 1.59. The lowest BCUT2D eigenvalue weighted by atomic mass is 10.2. The van der Waals surface area contributed by atoms with Gasteiger partial charge in [0, 0.05) is 20.7 Å². The Morgan fingerprint density at radius 1 is 1.11 bits per heavy atom. The average molecular weight is 294 g/mol. The predicted molar refractivity (Wildman–Crippen MR) is 77.2 cm³/mol. The summed E-state index contributed by atoms with van der Waals surface area (Å²) in [5.74, 6) is 0.755. The molecule has 18 heavy (non-hydrogen) atoms. The minimum Gasteiger partial charge on any atom is -0.192 e. The van der Waals surface area contributed by atoms with Crippen molar-refractivity contribution >= 4 is 35.0 Å². The molecule has 0 atom stereocenters. The first-order valence-electron chi connectivity index (χ1n) is 5.26. The fraction of sp³-hybridized carbons (Fsp3) is 0.0714. The van der Waals surface area contributed by atoms with Crippen molar-refractivity contribution in [3.05, 3.63) is 63.6 Å². The third-order valence-electron chi connectivity index (χ3n) is 2.37. The normalized spacial score (nSPS) is 10.1. The number of halogens is 2. The minimum atomic E-state index is 0.580. The second-order valence-electron chi connectivity index (χ2n) is 3.66. The largest absolute Gasteiger partial charge is 0.192 e. The van der Waals surface area contributed by atoms with Crippen molar-refractivity contribution in [1.82, 2.24) is 0 Å². The van der Waals surface area contributed by atoms with Crippen LogP contribution in [0.2, 0.25) is 10.0 Å². The molecule has 0 bridgehead atoms. The molecule has 2 rings (SSSR count). The molecule has 2 aromatic rings. The Morgan fingerprint density at radius 2 is 1.94 bits per heavy atom. The Balaban J connectivity index is 2.09. The van der Waals surface area contributed by atoms with E-state index in [9.17, 15) is 0 Å². The molecule has 0 spiro atoms. The van der Waals surface area contributed by atoms with Crippen molar-refractivity contribution in [3.8, 4) is 6.07 Å². The Morgan fingerprint density at radius 3 is 2.61 bits per heavy atom. The van der Waals surface area contributed by atoms with Gasteiger partial charge >= 0.3 is 0 Å². The van der Waals surface area contributed by atoms with Crippen LogP contribution in [0, 0.1) is 11.3 Å². The molecular formula is C14H9Cl2NS. The zero-order valence-electron chi connectivity index (χ0n) is 9.36. The van der Waals surface area contributed by atoms with Crippen molar-refractivity contribution in [3.63, 3.8) is 0 Å². The van der Waals surface area contributed by atoms with Crippen LogP contribution >= 0.6 is 35.0 Å². The maximum absolute atomic E-state index is 8.76. The third kappa shape index (κ3) is 3.43. The lowest BCUT2D eigenvalue weighted by molar-refractivity contribution is 1.37. The van der Waals surface area contributed by atoms with Gasteiger partial charge in [-0.25, -0.2) is 0 Å². The molecule has 4 heteroatoms. The van der Waals surface area contributed by atoms with Gasteiger partial charge in [0.15, 0.2) is 0 Å². The highest BCUT2D eigenvalue weighted by Crippen LogP contribution is 2.28. The Labute approximate surface area is 120 Å². The number of hydrogen-bond acceptors (Lipinski definition) is 2. The first kappa shape index (κ1) is 13.3. The fourth-order valence-electron chi connectivity index (χ4n) is 1.45. The summed E-state index contributed by atoms with van der Waals surface area (Å²) in [7, 11) is 0. The lowest BCUT2D eigenvalue weighted by Crippen LogP contribution is -1.84. The van der Waals surface area contributed by atoms with E-state index in [1.807, 2.05) is 30.3 Å². The SMILES string of the molecule is N#Cc1ccc(CSc2cccc(Cl)c2)c(Cl)c1. The van der Waals surface area contributed by atoms with Crippen molar-refractivity contribution in [2.45, 2.75) is 10.6 Å². The standard InChI is InChI=1S/C14H9Cl2NS/c15-12-2-1-3-13(7-12)18-9-11-5-4-10(8-17)6-14(11)16/h1-7H,9H2. The summed E-state index contributed by atoms with van der Waals surface area (Å²) in [5, 5.41) is 10.1. The second kappa shape index (κ2) is 6.15. The monoisotopic (exact) mass is 293 g/mol. The molecule has 0 heterocycles. The van der Waals surface area contributed by atoms with Gasteiger partial charge in [0.1, 0.15) is 0 Å². The summed E-state index contributed by atoms with van der Waals surface area (Å²) in [6.45, 7) is 0. The molecule has 1 nitrogen and oxygen atoms in total. The Hall–Kier alpha value is -1.14. The summed E-state index contributed by atoms with van der Waals surface area (Å²) >= 11 is 13.7. The predicted octanol–water partition coefficient (Wildman–Crippen LogP) is 5.16. The maximum Gasteiger partial charge on any atom is 0.0992 e. The minimum absolute atomic E-state index is 0.580. The van der Waals surface area contributed by atoms with Gasteiger partial charge in [0.25, 0.3) is 0 Å². The fourth-order valence-corrected chi connectivity index (χ4v) is 2.99. The van der Waals surface area contributed by atoms with E-state index in [1.54, 1.807) is 23.9 Å². The molecule has 2 aromatic carbocycles. The first-order valence-corrected chi connectivity index (χ1v) is 7.00. The van der Waals surface area contributed by atoms with Gasteiger partial charge in [-0.05, 0) is 35.9 Å². The van der Waals surface area contributed by atoms with E-state index < -0.39 is 0 Å². The van der Waals surface area contributed by atoms with Crippen LogP contribution in [0.1, 0.15) is 11.1 Å². The summed E-state index contributed by atoms with van der Waals surface area (Å²) < 4.78 is 0. The summed E-state index contributed by atoms with van der Waals surface area (Å²) in [4.78, 5) is 1.10. The zero-order valence-corrected chi connectivity index (χ0v) is 11.7. The number of nitriles is 1. The molecule has 0 saturated carbocycles. The van der Waals surface area contributed by atoms with Crippen molar-refractivity contribution < 1.29 is 0 Å². The molecule has 90 valence electrons. The highest BCUT2D eigenvalue weighted by molar-refractivity contribution is 7.98. The van der Waals surface area contributed by atoms with Gasteiger partial charge in [0.05, 0.1) is 11.6 Å². The lowest BCUT2D eigenvalue weighted by Gasteiger charge is -2.05. The van der Waals surface area contributed by atoms with E-state index in [0.717, 1.165) is 21.2 Å². The van der Waals surface area contributed by atoms with Gasteiger partial charge in [-0.2, -0.15) is 5.26 Å². The molecule has 0 saturated heterocycles. The highest BCUT2D eigenvalue weighted by Gasteiger charge is 2.03. The zero-order chi connectivity index (χ0) is 13.0. The Bertz CT molecular complexity index is 605. The van der Waals surface area contributed by atoms with Crippen LogP contribution in [0.25, 0.3) is 0 Å². The second-order valence-corrected chi connectivity index (χ2v) is 5.56. The van der Waals surface area contributed by atoms with Crippen LogP contribution in [0.4, 0.5) is 0 Å². The number of rotatable bonds is 3. The number of hydrogen-bond donors (Lipinski definition) is 0. The van der Waals surface area contributed by atoms with E-state index in [2.05, 4.69) is 6.07 Å². The van der Waals surface area contributed by atoms with E-state index >= 15 is 0 Å². The van der Waals surface area contributed by atoms with E-state index in [-0.39, 0.29) is 0 Å². The molecule has 0 radical (unpaired) electrons. The summed E-state index contributed by atoms with van der Waals surface area (Å²) in [6.07, 6.45) is 0. The van der Waals surface area contributed by atoms with Crippen molar-refractivity contribution in [2.75, 3.05) is 0 Å². The van der Waals surface area contributed by atoms with Crippen molar-refractivity contribution in [1.29, 1.82) is 5.26 Å². The van der Waals surface area contributed by atoms with E-state index in [0.29, 0.717) is 10.6 Å². The molecule has 0 aromatic heterocycles. The van der Waals surface area contributed by atoms with E-state index in [4.69, 9.17) is 28.5 Å². The molecular weight excluding hydrogens is 285 g/mol. The molecule has 0 fully saturated rings. The molecule has 0 aliphatic rings. The molecule has 0 aliphatic heterocycles. The van der Waals surface area contributed by atoms with Gasteiger partial charge in [-0.1, -0.05) is 35.3 Å². The van der Waals surface area contributed by atoms with Crippen LogP contribution in [0.3, 0.4) is 0 Å². The van der Waals surface area contributed by atoms with Crippen LogP contribution in [0.5, 0.6) is 0 Å². The summed E-state index contributed by atoms with van der Waals surface area (Å²) in [6, 6.07) is 15.1. The number of nitrogens with zero attached hydrogens (tertiary/aromatic N) is 1. The van der Waals surface area contributed by atoms with Crippen LogP contribution in [-0.2, 0) is 5.75 Å². The molecule has 0 amide bonds. The molecule has 0 N–H and O–H groups in total. The Kier molecular flexibility index (Phi) is 4.54. The van der Waals surface area contributed by atoms with Crippen LogP contribution in [0.15, 0.2) is 47.4 Å². The molecule has 0 unspecified atom stereocenters. The molecule has 0 aliphatic carbocycles. The average Bonchev–Trinajstić information content (AvgIpc) is 2.37. The van der Waals surface area contributed by atoms with Gasteiger partial charge in [0.2, 0.25) is 0 Å². The van der Waals surface area contributed by atoms with Crippen molar-refractivity contribution in [2.24, 2.45) is 0 Å².